The first kappa shape index (κ1) is 17.8. The number of halogens is 2. The number of pyridine rings is 1. The number of benzene rings is 3. The van der Waals surface area contributed by atoms with Crippen LogP contribution in [0.1, 0.15) is 16.1 Å². The monoisotopic (exact) mass is 374 g/mol. The molecule has 0 bridgehead atoms. The lowest BCUT2D eigenvalue weighted by molar-refractivity contribution is 0.102. The highest BCUT2D eigenvalue weighted by Gasteiger charge is 2.20. The molecule has 5 heteroatoms. The topological polar surface area (TPSA) is 42.0 Å². The zero-order valence-corrected chi connectivity index (χ0v) is 15.0. The lowest BCUT2D eigenvalue weighted by atomic mass is 9.94. The van der Waals surface area contributed by atoms with Crippen LogP contribution in [0.2, 0.25) is 0 Å². The number of anilines is 1. The van der Waals surface area contributed by atoms with Crippen molar-refractivity contribution in [3.8, 4) is 11.1 Å². The van der Waals surface area contributed by atoms with E-state index in [4.69, 9.17) is 0 Å². The fraction of sp³-hybridized carbons (Fsp3) is 0.0435. The van der Waals surface area contributed by atoms with Crippen molar-refractivity contribution >= 4 is 22.5 Å². The van der Waals surface area contributed by atoms with Gasteiger partial charge in [0, 0.05) is 22.7 Å². The van der Waals surface area contributed by atoms with E-state index < -0.39 is 17.5 Å². The Bertz CT molecular complexity index is 1190. The average molecular weight is 374 g/mol. The smallest absolute Gasteiger partial charge is 0.258 e. The van der Waals surface area contributed by atoms with E-state index in [1.807, 2.05) is 54.6 Å². The van der Waals surface area contributed by atoms with Crippen LogP contribution in [-0.4, -0.2) is 10.9 Å². The summed E-state index contributed by atoms with van der Waals surface area (Å²) in [7, 11) is 0. The van der Waals surface area contributed by atoms with E-state index in [2.05, 4.69) is 10.3 Å². The fourth-order valence-electron chi connectivity index (χ4n) is 3.28. The molecule has 1 heterocycles. The molecule has 0 aliphatic rings. The highest BCUT2D eigenvalue weighted by atomic mass is 19.2. The highest BCUT2D eigenvalue weighted by molar-refractivity contribution is 6.14. The summed E-state index contributed by atoms with van der Waals surface area (Å²) in [6.07, 6.45) is 0. The van der Waals surface area contributed by atoms with Gasteiger partial charge in [0.05, 0.1) is 16.8 Å². The number of amides is 1. The first-order chi connectivity index (χ1) is 13.5. The number of carbonyl (C=O) groups is 1. The second-order valence-corrected chi connectivity index (χ2v) is 6.41. The fourth-order valence-corrected chi connectivity index (χ4v) is 3.28. The van der Waals surface area contributed by atoms with Gasteiger partial charge >= 0.3 is 0 Å². The largest absolute Gasteiger partial charge is 0.322 e. The number of nitrogens with one attached hydrogen (secondary N) is 1. The molecule has 28 heavy (non-hydrogen) atoms. The minimum absolute atomic E-state index is 0.176. The third-order valence-electron chi connectivity index (χ3n) is 4.54. The van der Waals surface area contributed by atoms with Crippen LogP contribution >= 0.6 is 0 Å². The van der Waals surface area contributed by atoms with E-state index in [1.54, 1.807) is 6.92 Å². The normalized spacial score (nSPS) is 10.8. The van der Waals surface area contributed by atoms with E-state index >= 15 is 0 Å². The average Bonchev–Trinajstić information content (AvgIpc) is 2.70. The molecule has 0 aliphatic carbocycles. The summed E-state index contributed by atoms with van der Waals surface area (Å²) in [4.78, 5) is 17.7. The summed E-state index contributed by atoms with van der Waals surface area (Å²) in [6, 6.07) is 20.4. The van der Waals surface area contributed by atoms with Crippen molar-refractivity contribution in [1.29, 1.82) is 0 Å². The maximum atomic E-state index is 13.5. The molecule has 0 atom stereocenters. The zero-order chi connectivity index (χ0) is 19.7. The standard InChI is InChI=1S/C23H16F2N2O/c1-14-21(23(28)27-16-11-12-18(24)19(25)13-16)22(15-7-3-2-4-8-15)17-9-5-6-10-20(17)26-14/h2-13H,1H3,(H,27,28). The number of hydrogen-bond acceptors (Lipinski definition) is 2. The van der Waals surface area contributed by atoms with Crippen LogP contribution in [0.3, 0.4) is 0 Å². The van der Waals surface area contributed by atoms with Gasteiger partial charge in [-0.2, -0.15) is 0 Å². The van der Waals surface area contributed by atoms with E-state index in [9.17, 15) is 13.6 Å². The summed E-state index contributed by atoms with van der Waals surface area (Å²) in [6.45, 7) is 1.76. The molecule has 1 aromatic heterocycles. The van der Waals surface area contributed by atoms with Crippen LogP contribution in [0.5, 0.6) is 0 Å². The van der Waals surface area contributed by atoms with Crippen LogP contribution < -0.4 is 5.32 Å². The minimum Gasteiger partial charge on any atom is -0.322 e. The van der Waals surface area contributed by atoms with Gasteiger partial charge in [0.1, 0.15) is 0 Å². The van der Waals surface area contributed by atoms with Crippen LogP contribution in [-0.2, 0) is 0 Å². The molecule has 138 valence electrons. The van der Waals surface area contributed by atoms with Gasteiger partial charge in [0.2, 0.25) is 0 Å². The van der Waals surface area contributed by atoms with Crippen LogP contribution in [0.25, 0.3) is 22.0 Å². The molecule has 3 aromatic carbocycles. The number of rotatable bonds is 3. The van der Waals surface area contributed by atoms with E-state index in [1.165, 1.54) is 6.07 Å². The SMILES string of the molecule is Cc1nc2ccccc2c(-c2ccccc2)c1C(=O)Nc1ccc(F)c(F)c1. The first-order valence-corrected chi connectivity index (χ1v) is 8.76. The zero-order valence-electron chi connectivity index (χ0n) is 15.0. The van der Waals surface area contributed by atoms with E-state index in [0.29, 0.717) is 11.3 Å². The Hall–Kier alpha value is -3.60. The van der Waals surface area contributed by atoms with Crippen molar-refractivity contribution < 1.29 is 13.6 Å². The number of aryl methyl sites for hydroxylation is 1. The molecular weight excluding hydrogens is 358 g/mol. The molecule has 0 unspecified atom stereocenters. The van der Waals surface area contributed by atoms with Gasteiger partial charge in [0.25, 0.3) is 5.91 Å². The summed E-state index contributed by atoms with van der Waals surface area (Å²) in [5.74, 6) is -2.42. The van der Waals surface area contributed by atoms with Gasteiger partial charge in [0.15, 0.2) is 11.6 Å². The minimum atomic E-state index is -1.02. The molecule has 3 nitrogen and oxygen atoms in total. The number of para-hydroxylation sites is 1. The molecule has 0 fully saturated rings. The van der Waals surface area contributed by atoms with Gasteiger partial charge in [-0.05, 0) is 30.7 Å². The quantitative estimate of drug-likeness (QED) is 0.497. The predicted molar refractivity (Wildman–Crippen MR) is 106 cm³/mol. The molecule has 0 saturated heterocycles. The Kier molecular flexibility index (Phi) is 4.57. The van der Waals surface area contributed by atoms with Gasteiger partial charge < -0.3 is 5.32 Å². The number of fused-ring (bicyclic) bond motifs is 1. The van der Waals surface area contributed by atoms with Crippen molar-refractivity contribution in [2.24, 2.45) is 0 Å². The van der Waals surface area contributed by atoms with E-state index in [-0.39, 0.29) is 5.69 Å². The Labute approximate surface area is 160 Å². The van der Waals surface area contributed by atoms with Gasteiger partial charge in [-0.15, -0.1) is 0 Å². The Morgan fingerprint density at radius 2 is 1.61 bits per heavy atom. The predicted octanol–water partition coefficient (Wildman–Crippen LogP) is 5.74. The summed E-state index contributed by atoms with van der Waals surface area (Å²) in [5.41, 5.74) is 3.54. The van der Waals surface area contributed by atoms with Crippen LogP contribution in [0.4, 0.5) is 14.5 Å². The molecule has 4 rings (SSSR count). The molecule has 0 aliphatic heterocycles. The number of hydrogen-bond donors (Lipinski definition) is 1. The third-order valence-corrected chi connectivity index (χ3v) is 4.54. The lowest BCUT2D eigenvalue weighted by Crippen LogP contribution is -2.16. The molecule has 1 amide bonds. The van der Waals surface area contributed by atoms with Gasteiger partial charge in [-0.1, -0.05) is 48.5 Å². The highest BCUT2D eigenvalue weighted by Crippen LogP contribution is 2.33. The summed E-state index contributed by atoms with van der Waals surface area (Å²) < 4.78 is 26.7. The number of carbonyl (C=O) groups excluding carboxylic acids is 1. The number of aromatic nitrogens is 1. The first-order valence-electron chi connectivity index (χ1n) is 8.76. The summed E-state index contributed by atoms with van der Waals surface area (Å²) in [5, 5.41) is 3.50. The molecule has 0 saturated carbocycles. The molecule has 1 N–H and O–H groups in total. The van der Waals surface area contributed by atoms with Crippen molar-refractivity contribution in [1.82, 2.24) is 4.98 Å². The van der Waals surface area contributed by atoms with Gasteiger partial charge in [-0.3, -0.25) is 9.78 Å². The van der Waals surface area contributed by atoms with Crippen molar-refractivity contribution in [3.63, 3.8) is 0 Å². The molecule has 4 aromatic rings. The van der Waals surface area contributed by atoms with Crippen LogP contribution in [0, 0.1) is 18.6 Å². The Morgan fingerprint density at radius 3 is 2.36 bits per heavy atom. The second kappa shape index (κ2) is 7.19. The second-order valence-electron chi connectivity index (χ2n) is 6.41. The molecular formula is C23H16F2N2O. The molecule has 0 radical (unpaired) electrons. The molecule has 0 spiro atoms. The maximum Gasteiger partial charge on any atom is 0.258 e. The van der Waals surface area contributed by atoms with Crippen molar-refractivity contribution in [2.75, 3.05) is 5.32 Å². The lowest BCUT2D eigenvalue weighted by Gasteiger charge is -2.16. The Morgan fingerprint density at radius 1 is 0.893 bits per heavy atom. The number of nitrogens with zero attached hydrogens (tertiary/aromatic N) is 1. The van der Waals surface area contributed by atoms with Crippen LogP contribution in [0.15, 0.2) is 72.8 Å². The Balaban J connectivity index is 1.89. The summed E-state index contributed by atoms with van der Waals surface area (Å²) >= 11 is 0. The van der Waals surface area contributed by atoms with Crippen molar-refractivity contribution in [2.45, 2.75) is 6.92 Å². The van der Waals surface area contributed by atoms with E-state index in [0.717, 1.165) is 34.2 Å². The third kappa shape index (κ3) is 3.22. The van der Waals surface area contributed by atoms with Crippen molar-refractivity contribution in [3.05, 3.63) is 95.7 Å². The maximum absolute atomic E-state index is 13.5. The van der Waals surface area contributed by atoms with Gasteiger partial charge in [-0.25, -0.2) is 8.78 Å².